The Morgan fingerprint density at radius 2 is 1.96 bits per heavy atom. The Hall–Kier alpha value is -2.58. The summed E-state index contributed by atoms with van der Waals surface area (Å²) in [6.45, 7) is 6.09. The summed E-state index contributed by atoms with van der Waals surface area (Å²) in [5.74, 6) is 0.0871. The Morgan fingerprint density at radius 3 is 2.59 bits per heavy atom. The van der Waals surface area contributed by atoms with Gasteiger partial charge in [0.2, 0.25) is 10.3 Å². The first-order valence-electron chi connectivity index (χ1n) is 8.70. The third-order valence-electron chi connectivity index (χ3n) is 4.41. The first-order chi connectivity index (χ1) is 12.7. The number of hydrogen-bond donors (Lipinski definition) is 3. The number of aliphatic hydroxyl groups is 1. The van der Waals surface area contributed by atoms with Gasteiger partial charge in [-0.15, -0.1) is 5.10 Å². The molecule has 2 aliphatic rings. The molecule has 1 aliphatic heterocycles. The van der Waals surface area contributed by atoms with Gasteiger partial charge in [0.25, 0.3) is 0 Å². The van der Waals surface area contributed by atoms with E-state index in [4.69, 9.17) is 5.11 Å². The average Bonchev–Trinajstić information content (AvgIpc) is 3.03. The van der Waals surface area contributed by atoms with Gasteiger partial charge in [-0.25, -0.2) is 0 Å². The number of benzene rings is 2. The van der Waals surface area contributed by atoms with E-state index in [9.17, 15) is 13.5 Å². The maximum absolute atomic E-state index is 11.4. The topological polar surface area (TPSA) is 108 Å². The van der Waals surface area contributed by atoms with Gasteiger partial charge in [0.05, 0.1) is 5.69 Å². The number of rotatable bonds is 4. The van der Waals surface area contributed by atoms with Gasteiger partial charge in [0, 0.05) is 12.2 Å². The molecule has 7 nitrogen and oxygen atoms in total. The number of aromatic amines is 1. The van der Waals surface area contributed by atoms with Crippen LogP contribution in [0.1, 0.15) is 38.3 Å². The summed E-state index contributed by atoms with van der Waals surface area (Å²) in [6.07, 6.45) is 1.27. The molecule has 27 heavy (non-hydrogen) atoms. The molecule has 0 radical (unpaired) electrons. The van der Waals surface area contributed by atoms with Gasteiger partial charge in [-0.3, -0.25) is 5.10 Å². The summed E-state index contributed by atoms with van der Waals surface area (Å²) in [5.41, 5.74) is 2.71. The number of nitrogens with zero attached hydrogens (tertiary/aromatic N) is 2. The molecule has 1 aromatic rings. The average molecular weight is 389 g/mol. The first kappa shape index (κ1) is 19.2. The van der Waals surface area contributed by atoms with E-state index >= 15 is 0 Å². The Bertz CT molecular complexity index is 1110. The monoisotopic (exact) mass is 389 g/mol. The van der Waals surface area contributed by atoms with Crippen LogP contribution in [0.3, 0.4) is 0 Å². The summed E-state index contributed by atoms with van der Waals surface area (Å²) < 4.78 is 23.0. The fourth-order valence-corrected chi connectivity index (χ4v) is 3.54. The number of phenols is 1. The number of aliphatic hydroxyl groups excluding tert-OH is 1. The van der Waals surface area contributed by atoms with Crippen molar-refractivity contribution in [2.45, 2.75) is 39.0 Å². The minimum atomic E-state index is -2.42. The molecule has 0 atom stereocenters. The Morgan fingerprint density at radius 1 is 1.22 bits per heavy atom. The zero-order valence-corrected chi connectivity index (χ0v) is 16.3. The van der Waals surface area contributed by atoms with Gasteiger partial charge in [0.15, 0.2) is 0 Å². The first-order valence-corrected chi connectivity index (χ1v) is 9.78. The van der Waals surface area contributed by atoms with Crippen molar-refractivity contribution < 1.29 is 18.6 Å². The maximum atomic E-state index is 11.4. The number of hydrogen-bond acceptors (Lipinski definition) is 5. The fraction of sp³-hybridized carbons (Fsp3) is 0.368. The summed E-state index contributed by atoms with van der Waals surface area (Å²) in [6, 6.07) is 8.58. The highest BCUT2D eigenvalue weighted by Crippen LogP contribution is 2.36. The molecule has 0 amide bonds. The normalized spacial score (nSPS) is 11.9. The van der Waals surface area contributed by atoms with Gasteiger partial charge in [-0.1, -0.05) is 32.9 Å². The summed E-state index contributed by atoms with van der Waals surface area (Å²) in [7, 11) is -2.42. The van der Waals surface area contributed by atoms with Crippen LogP contribution in [0.15, 0.2) is 30.3 Å². The van der Waals surface area contributed by atoms with Crippen molar-refractivity contribution in [3.63, 3.8) is 0 Å². The molecule has 3 rings (SSSR count). The number of H-pyrrole nitrogens is 1. The molecule has 8 heteroatoms. The van der Waals surface area contributed by atoms with Crippen LogP contribution >= 0.6 is 0 Å². The van der Waals surface area contributed by atoms with Crippen molar-refractivity contribution in [2.24, 2.45) is 0 Å². The van der Waals surface area contributed by atoms with Gasteiger partial charge in [-0.05, 0) is 42.0 Å². The second-order valence-corrected chi connectivity index (χ2v) is 8.41. The lowest BCUT2D eigenvalue weighted by Crippen LogP contribution is -2.14. The van der Waals surface area contributed by atoms with Gasteiger partial charge < -0.3 is 10.2 Å². The molecule has 0 fully saturated rings. The largest absolute Gasteiger partial charge is 0.505 e. The lowest BCUT2D eigenvalue weighted by atomic mass is 9.84. The highest BCUT2D eigenvalue weighted by molar-refractivity contribution is 7.64. The number of fused-ring (bicyclic) bond motifs is 1. The number of phenolic OH excluding ortho intramolecular Hbond substituents is 1. The molecule has 0 bridgehead atoms. The van der Waals surface area contributed by atoms with E-state index in [0.29, 0.717) is 29.9 Å². The number of aryl methyl sites for hydroxylation is 1. The molecule has 0 aromatic heterocycles. The number of aromatic hydroxyl groups is 1. The van der Waals surface area contributed by atoms with Gasteiger partial charge in [0.1, 0.15) is 21.6 Å². The molecule has 1 aromatic carbocycles. The molecule has 0 spiro atoms. The van der Waals surface area contributed by atoms with Crippen LogP contribution in [0.25, 0.3) is 17.1 Å². The fourth-order valence-electron chi connectivity index (χ4n) is 3.04. The van der Waals surface area contributed by atoms with E-state index in [0.717, 1.165) is 11.1 Å². The van der Waals surface area contributed by atoms with E-state index in [-0.39, 0.29) is 22.3 Å². The lowest BCUT2D eigenvalue weighted by molar-refractivity contribution is 0.288. The van der Waals surface area contributed by atoms with Crippen molar-refractivity contribution in [1.82, 2.24) is 15.0 Å². The maximum Gasteiger partial charge on any atom is 0.223 e. The van der Waals surface area contributed by atoms with Crippen molar-refractivity contribution >= 4 is 10.3 Å². The molecular weight excluding hydrogens is 366 g/mol. The van der Waals surface area contributed by atoms with Crippen LogP contribution in [-0.4, -0.2) is 40.2 Å². The summed E-state index contributed by atoms with van der Waals surface area (Å²) >= 11 is 0. The van der Waals surface area contributed by atoms with Crippen molar-refractivity contribution in [3.8, 4) is 22.8 Å². The molecule has 0 saturated heterocycles. The van der Waals surface area contributed by atoms with Crippen molar-refractivity contribution in [2.75, 3.05) is 6.61 Å². The van der Waals surface area contributed by atoms with Gasteiger partial charge in [-0.2, -0.15) is 13.2 Å². The van der Waals surface area contributed by atoms with Crippen LogP contribution in [-0.2, 0) is 22.1 Å². The highest BCUT2D eigenvalue weighted by Gasteiger charge is 2.23. The van der Waals surface area contributed by atoms with Crippen LogP contribution in [0.2, 0.25) is 0 Å². The predicted octanol–water partition coefficient (Wildman–Crippen LogP) is 2.64. The molecule has 1 heterocycles. The van der Waals surface area contributed by atoms with E-state index in [1.807, 2.05) is 26.8 Å². The molecule has 0 unspecified atom stereocenters. The lowest BCUT2D eigenvalue weighted by Gasteiger charge is -2.23. The smallest absolute Gasteiger partial charge is 0.223 e. The van der Waals surface area contributed by atoms with Crippen LogP contribution < -0.4 is 0 Å². The number of aromatic nitrogens is 3. The highest BCUT2D eigenvalue weighted by atomic mass is 32.2. The second kappa shape index (κ2) is 7.21. The van der Waals surface area contributed by atoms with Crippen molar-refractivity contribution in [1.29, 1.82) is 0 Å². The standard InChI is InChI=1S/C19H23N3O4S/c1-19(2,3)13-10-12(6-5-9-23)11-15(18(13)24)22-20-14-7-4-8-16(27(25)26)17(14)21-22/h4,7-8,10-11,20,23-24H,5-6,9H2,1-3H3. The van der Waals surface area contributed by atoms with E-state index < -0.39 is 10.3 Å². The molecular formula is C19H23N3O4S. The second-order valence-electron chi connectivity index (χ2n) is 7.50. The molecule has 0 saturated carbocycles. The Kier molecular flexibility index (Phi) is 5.12. The molecule has 3 N–H and O–H groups in total. The van der Waals surface area contributed by atoms with Gasteiger partial charge >= 0.3 is 0 Å². The van der Waals surface area contributed by atoms with Crippen LogP contribution in [0.5, 0.6) is 5.75 Å². The Balaban J connectivity index is 2.28. The predicted molar refractivity (Wildman–Crippen MR) is 102 cm³/mol. The van der Waals surface area contributed by atoms with Crippen LogP contribution in [0, 0.1) is 4.51 Å². The van der Waals surface area contributed by atoms with Crippen LogP contribution in [0.4, 0.5) is 0 Å². The molecule has 1 aliphatic carbocycles. The minimum Gasteiger partial charge on any atom is -0.505 e. The third kappa shape index (κ3) is 3.77. The minimum absolute atomic E-state index is 0.0809. The molecule has 144 valence electrons. The third-order valence-corrected chi connectivity index (χ3v) is 5.10. The summed E-state index contributed by atoms with van der Waals surface area (Å²) in [4.78, 5) is 1.40. The number of nitrogens with one attached hydrogen (secondary N) is 1. The van der Waals surface area contributed by atoms with E-state index in [1.165, 1.54) is 10.9 Å². The summed E-state index contributed by atoms with van der Waals surface area (Å²) in [5, 5.41) is 27.4. The zero-order valence-electron chi connectivity index (χ0n) is 15.5. The van der Waals surface area contributed by atoms with E-state index in [2.05, 4.69) is 10.2 Å². The Labute approximate surface area is 158 Å². The van der Waals surface area contributed by atoms with Crippen molar-refractivity contribution in [3.05, 3.63) is 46.0 Å². The quantitative estimate of drug-likeness (QED) is 0.595. The zero-order chi connectivity index (χ0) is 19.8. The van der Waals surface area contributed by atoms with E-state index in [1.54, 1.807) is 18.2 Å². The SMILES string of the molecule is CC(C)(C)c1cc(CCCO)cc(-n2nc3c(=S(=O)=O)cccc-3[nH]2)c1O.